The first kappa shape index (κ1) is 12.1. The number of para-hydroxylation sites is 1. The topological polar surface area (TPSA) is 58.6 Å². The second kappa shape index (κ2) is 5.80. The lowest BCUT2D eigenvalue weighted by Crippen LogP contribution is -2.13. The van der Waals surface area contributed by atoms with Crippen LogP contribution in [0, 0.1) is 0 Å². The van der Waals surface area contributed by atoms with Gasteiger partial charge in [0, 0.05) is 17.8 Å². The molecule has 0 bridgehead atoms. The SMILES string of the molecule is COc1ccccc1[C@H](C)N/C=C/C(=O)O. The van der Waals surface area contributed by atoms with E-state index in [1.165, 1.54) is 6.20 Å². The lowest BCUT2D eigenvalue weighted by Gasteiger charge is -2.15. The number of ether oxygens (including phenoxy) is 1. The van der Waals surface area contributed by atoms with Crippen LogP contribution in [0.25, 0.3) is 0 Å². The summed E-state index contributed by atoms with van der Waals surface area (Å²) in [4.78, 5) is 10.3. The quantitative estimate of drug-likeness (QED) is 0.746. The summed E-state index contributed by atoms with van der Waals surface area (Å²) in [6.07, 6.45) is 2.48. The van der Waals surface area contributed by atoms with Crippen LogP contribution in [0.3, 0.4) is 0 Å². The third-order valence-electron chi connectivity index (χ3n) is 2.18. The molecule has 2 N–H and O–H groups in total. The number of hydrogen-bond acceptors (Lipinski definition) is 3. The predicted octanol–water partition coefficient (Wildman–Crippen LogP) is 1.94. The minimum Gasteiger partial charge on any atom is -0.496 e. The van der Waals surface area contributed by atoms with Gasteiger partial charge in [-0.05, 0) is 13.0 Å². The monoisotopic (exact) mass is 221 g/mol. The van der Waals surface area contributed by atoms with Gasteiger partial charge in [-0.15, -0.1) is 0 Å². The van der Waals surface area contributed by atoms with E-state index in [1.807, 2.05) is 31.2 Å². The van der Waals surface area contributed by atoms with Gasteiger partial charge >= 0.3 is 5.97 Å². The predicted molar refractivity (Wildman–Crippen MR) is 61.3 cm³/mol. The third-order valence-corrected chi connectivity index (χ3v) is 2.18. The van der Waals surface area contributed by atoms with Gasteiger partial charge in [0.15, 0.2) is 0 Å². The van der Waals surface area contributed by atoms with Crippen LogP contribution in [0.4, 0.5) is 0 Å². The number of rotatable bonds is 5. The van der Waals surface area contributed by atoms with E-state index in [-0.39, 0.29) is 6.04 Å². The largest absolute Gasteiger partial charge is 0.496 e. The summed E-state index contributed by atoms with van der Waals surface area (Å²) in [7, 11) is 1.61. The van der Waals surface area contributed by atoms with Crippen LogP contribution < -0.4 is 10.1 Å². The van der Waals surface area contributed by atoms with Crippen LogP contribution in [-0.4, -0.2) is 18.2 Å². The second-order valence-corrected chi connectivity index (χ2v) is 3.30. The summed E-state index contributed by atoms with van der Waals surface area (Å²) in [6.45, 7) is 1.93. The molecule has 4 nitrogen and oxygen atoms in total. The van der Waals surface area contributed by atoms with Crippen LogP contribution in [0.5, 0.6) is 5.75 Å². The van der Waals surface area contributed by atoms with Gasteiger partial charge in [0.25, 0.3) is 0 Å². The van der Waals surface area contributed by atoms with Crippen molar-refractivity contribution in [1.29, 1.82) is 0 Å². The maximum absolute atomic E-state index is 10.3. The van der Waals surface area contributed by atoms with Crippen molar-refractivity contribution in [3.63, 3.8) is 0 Å². The van der Waals surface area contributed by atoms with E-state index in [0.717, 1.165) is 17.4 Å². The molecular weight excluding hydrogens is 206 g/mol. The summed E-state index contributed by atoms with van der Waals surface area (Å²) in [5.74, 6) is -0.189. The highest BCUT2D eigenvalue weighted by Crippen LogP contribution is 2.23. The summed E-state index contributed by atoms with van der Waals surface area (Å²) in [5.41, 5.74) is 0.986. The van der Waals surface area contributed by atoms with Crippen LogP contribution in [0.2, 0.25) is 0 Å². The van der Waals surface area contributed by atoms with Crippen molar-refractivity contribution in [3.8, 4) is 5.75 Å². The average Bonchev–Trinajstić information content (AvgIpc) is 2.28. The normalized spacial score (nSPS) is 12.4. The standard InChI is InChI=1S/C12H15NO3/c1-9(13-8-7-12(14)15)10-5-3-4-6-11(10)16-2/h3-9,13H,1-2H3,(H,14,15)/b8-7+/t9-/m0/s1. The molecule has 4 heteroatoms. The summed E-state index contributed by atoms with van der Waals surface area (Å²) in [5, 5.41) is 11.4. The maximum atomic E-state index is 10.3. The van der Waals surface area contributed by atoms with Gasteiger partial charge in [0.05, 0.1) is 13.2 Å². The third kappa shape index (κ3) is 3.31. The zero-order valence-corrected chi connectivity index (χ0v) is 9.31. The zero-order valence-electron chi connectivity index (χ0n) is 9.31. The number of aliphatic carboxylic acids is 1. The van der Waals surface area contributed by atoms with Crippen molar-refractivity contribution < 1.29 is 14.6 Å². The van der Waals surface area contributed by atoms with Gasteiger partial charge in [0.1, 0.15) is 5.75 Å². The van der Waals surface area contributed by atoms with E-state index in [0.29, 0.717) is 0 Å². The Labute approximate surface area is 94.6 Å². The number of hydrogen-bond donors (Lipinski definition) is 2. The highest BCUT2D eigenvalue weighted by atomic mass is 16.5. The van der Waals surface area contributed by atoms with E-state index in [2.05, 4.69) is 5.32 Å². The number of nitrogens with one attached hydrogen (secondary N) is 1. The fraction of sp³-hybridized carbons (Fsp3) is 0.250. The number of carbonyl (C=O) groups is 1. The Morgan fingerprint density at radius 3 is 2.81 bits per heavy atom. The molecule has 1 aromatic rings. The first-order valence-corrected chi connectivity index (χ1v) is 4.93. The Morgan fingerprint density at radius 2 is 2.19 bits per heavy atom. The van der Waals surface area contributed by atoms with Crippen LogP contribution in [-0.2, 0) is 4.79 Å². The van der Waals surface area contributed by atoms with Gasteiger partial charge in [-0.1, -0.05) is 18.2 Å². The van der Waals surface area contributed by atoms with Crippen molar-refractivity contribution in [2.45, 2.75) is 13.0 Å². The van der Waals surface area contributed by atoms with Crippen LogP contribution >= 0.6 is 0 Å². The smallest absolute Gasteiger partial charge is 0.329 e. The van der Waals surface area contributed by atoms with Crippen molar-refractivity contribution >= 4 is 5.97 Å². The zero-order chi connectivity index (χ0) is 12.0. The first-order valence-electron chi connectivity index (χ1n) is 4.93. The minimum atomic E-state index is -0.972. The molecular formula is C12H15NO3. The van der Waals surface area contributed by atoms with Gasteiger partial charge in [0.2, 0.25) is 0 Å². The number of benzene rings is 1. The maximum Gasteiger partial charge on any atom is 0.329 e. The fourth-order valence-electron chi connectivity index (χ4n) is 1.38. The van der Waals surface area contributed by atoms with Crippen molar-refractivity contribution in [2.24, 2.45) is 0 Å². The Kier molecular flexibility index (Phi) is 4.39. The van der Waals surface area contributed by atoms with E-state index in [1.54, 1.807) is 7.11 Å². The molecule has 0 saturated carbocycles. The lowest BCUT2D eigenvalue weighted by molar-refractivity contribution is -0.131. The molecule has 0 unspecified atom stereocenters. The van der Waals surface area contributed by atoms with Gasteiger partial charge in [-0.3, -0.25) is 0 Å². The Morgan fingerprint density at radius 1 is 1.50 bits per heavy atom. The van der Waals surface area contributed by atoms with Gasteiger partial charge in [-0.25, -0.2) is 4.79 Å². The molecule has 16 heavy (non-hydrogen) atoms. The van der Waals surface area contributed by atoms with Gasteiger partial charge < -0.3 is 15.2 Å². The minimum absolute atomic E-state index is 0.00764. The summed E-state index contributed by atoms with van der Waals surface area (Å²) in [6, 6.07) is 7.60. The molecule has 0 spiro atoms. The van der Waals surface area contributed by atoms with E-state index < -0.39 is 5.97 Å². The molecule has 0 fully saturated rings. The fourth-order valence-corrected chi connectivity index (χ4v) is 1.38. The van der Waals surface area contributed by atoms with Crippen LogP contribution in [0.1, 0.15) is 18.5 Å². The van der Waals surface area contributed by atoms with Gasteiger partial charge in [-0.2, -0.15) is 0 Å². The molecule has 0 heterocycles. The molecule has 1 aromatic carbocycles. The van der Waals surface area contributed by atoms with Crippen molar-refractivity contribution in [3.05, 3.63) is 42.1 Å². The molecule has 0 aliphatic heterocycles. The summed E-state index contributed by atoms with van der Waals surface area (Å²) >= 11 is 0. The second-order valence-electron chi connectivity index (χ2n) is 3.30. The van der Waals surface area contributed by atoms with E-state index in [4.69, 9.17) is 9.84 Å². The molecule has 0 aliphatic rings. The van der Waals surface area contributed by atoms with Crippen molar-refractivity contribution in [1.82, 2.24) is 5.32 Å². The molecule has 1 atom stereocenters. The average molecular weight is 221 g/mol. The highest BCUT2D eigenvalue weighted by molar-refractivity contribution is 5.79. The number of carboxylic acid groups (broad SMARTS) is 1. The molecule has 0 saturated heterocycles. The molecule has 0 aromatic heterocycles. The highest BCUT2D eigenvalue weighted by Gasteiger charge is 2.08. The van der Waals surface area contributed by atoms with Crippen molar-refractivity contribution in [2.75, 3.05) is 7.11 Å². The lowest BCUT2D eigenvalue weighted by atomic mass is 10.1. The molecule has 1 rings (SSSR count). The van der Waals surface area contributed by atoms with Crippen LogP contribution in [0.15, 0.2) is 36.5 Å². The molecule has 0 amide bonds. The summed E-state index contributed by atoms with van der Waals surface area (Å²) < 4.78 is 5.21. The number of methoxy groups -OCH3 is 1. The van der Waals surface area contributed by atoms with E-state index in [9.17, 15) is 4.79 Å². The first-order chi connectivity index (χ1) is 7.65. The van der Waals surface area contributed by atoms with E-state index >= 15 is 0 Å². The molecule has 0 radical (unpaired) electrons. The molecule has 0 aliphatic carbocycles. The Hall–Kier alpha value is -1.97. The Bertz CT molecular complexity index is 388. The Balaban J connectivity index is 2.72. The molecule has 86 valence electrons. The number of carboxylic acids is 1.